The van der Waals surface area contributed by atoms with Gasteiger partial charge in [0, 0.05) is 49.2 Å². The highest BCUT2D eigenvalue weighted by atomic mass is 16.2. The van der Waals surface area contributed by atoms with Crippen molar-refractivity contribution in [2.75, 3.05) is 25.5 Å². The number of aryl methyl sites for hydroxylation is 2. The standard InChI is InChI=1S/C26H33N5O/c1-19-6-5-8-21-17-30(18-23-11-10-22(29(23)2)12-14-27-26(19)21)25(32)13-15-31-24-9-4-3-7-20(24)16-28-31/h3-9,16,22-23,27H,10-15,17-18H2,1-2H3. The van der Waals surface area contributed by atoms with Crippen molar-refractivity contribution >= 4 is 22.5 Å². The Morgan fingerprint density at radius 2 is 1.94 bits per heavy atom. The molecule has 2 aliphatic heterocycles. The third kappa shape index (κ3) is 4.11. The molecule has 5 rings (SSSR count). The number of fused-ring (bicyclic) bond motifs is 4. The Morgan fingerprint density at radius 3 is 2.84 bits per heavy atom. The maximum atomic E-state index is 13.5. The number of anilines is 1. The van der Waals surface area contributed by atoms with Gasteiger partial charge in [-0.15, -0.1) is 0 Å². The lowest BCUT2D eigenvalue weighted by Gasteiger charge is -2.31. The molecule has 3 heterocycles. The van der Waals surface area contributed by atoms with Gasteiger partial charge in [0.05, 0.1) is 18.3 Å². The van der Waals surface area contributed by atoms with Crippen LogP contribution in [0.5, 0.6) is 0 Å². The zero-order valence-electron chi connectivity index (χ0n) is 19.1. The summed E-state index contributed by atoms with van der Waals surface area (Å²) in [5.74, 6) is 0.202. The number of hydrogen-bond donors (Lipinski definition) is 1. The van der Waals surface area contributed by atoms with Crippen molar-refractivity contribution < 1.29 is 4.79 Å². The van der Waals surface area contributed by atoms with Crippen LogP contribution in [0.1, 0.15) is 36.8 Å². The average molecular weight is 432 g/mol. The van der Waals surface area contributed by atoms with Crippen LogP contribution in [0.25, 0.3) is 10.9 Å². The lowest BCUT2D eigenvalue weighted by Crippen LogP contribution is -2.43. The summed E-state index contributed by atoms with van der Waals surface area (Å²) in [6.45, 7) is 5.17. The minimum absolute atomic E-state index is 0.202. The van der Waals surface area contributed by atoms with Gasteiger partial charge in [-0.25, -0.2) is 0 Å². The molecule has 2 aromatic carbocycles. The van der Waals surface area contributed by atoms with Gasteiger partial charge in [-0.2, -0.15) is 5.10 Å². The van der Waals surface area contributed by atoms with E-state index in [1.165, 1.54) is 23.2 Å². The van der Waals surface area contributed by atoms with Crippen molar-refractivity contribution in [2.45, 2.75) is 57.8 Å². The van der Waals surface area contributed by atoms with E-state index in [4.69, 9.17) is 0 Å². The molecule has 1 amide bonds. The lowest BCUT2D eigenvalue weighted by molar-refractivity contribution is -0.132. The van der Waals surface area contributed by atoms with Gasteiger partial charge in [0.1, 0.15) is 0 Å². The van der Waals surface area contributed by atoms with Gasteiger partial charge in [-0.3, -0.25) is 14.4 Å². The summed E-state index contributed by atoms with van der Waals surface area (Å²) in [5, 5.41) is 9.31. The molecule has 1 N–H and O–H groups in total. The lowest BCUT2D eigenvalue weighted by atomic mass is 10.1. The van der Waals surface area contributed by atoms with Crippen LogP contribution in [-0.4, -0.2) is 57.7 Å². The highest BCUT2D eigenvalue weighted by Crippen LogP contribution is 2.29. The van der Waals surface area contributed by atoms with Crippen molar-refractivity contribution in [1.82, 2.24) is 19.6 Å². The molecule has 0 spiro atoms. The SMILES string of the molecule is Cc1cccc2c1NCCC1CCC(CN(C(=O)CCn3ncc4ccccc43)C2)N1C. The van der Waals surface area contributed by atoms with E-state index in [0.717, 1.165) is 36.8 Å². The molecule has 0 aliphatic carbocycles. The molecule has 1 fully saturated rings. The number of nitrogens with zero attached hydrogens (tertiary/aromatic N) is 4. The van der Waals surface area contributed by atoms with E-state index in [1.807, 2.05) is 23.0 Å². The Labute approximate surface area is 190 Å². The number of aromatic nitrogens is 2. The summed E-state index contributed by atoms with van der Waals surface area (Å²) < 4.78 is 1.96. The number of hydrogen-bond acceptors (Lipinski definition) is 4. The van der Waals surface area contributed by atoms with Crippen LogP contribution in [0, 0.1) is 6.92 Å². The molecule has 1 saturated heterocycles. The zero-order valence-corrected chi connectivity index (χ0v) is 19.1. The highest BCUT2D eigenvalue weighted by molar-refractivity contribution is 5.79. The number of nitrogens with one attached hydrogen (secondary N) is 1. The van der Waals surface area contributed by atoms with E-state index in [2.05, 4.69) is 64.5 Å². The predicted octanol–water partition coefficient (Wildman–Crippen LogP) is 4.04. The number of benzene rings is 2. The number of para-hydroxylation sites is 2. The molecule has 6 heteroatoms. The Hall–Kier alpha value is -2.86. The number of amides is 1. The molecule has 32 heavy (non-hydrogen) atoms. The molecular formula is C26H33N5O. The summed E-state index contributed by atoms with van der Waals surface area (Å²) in [4.78, 5) is 18.1. The second-order valence-corrected chi connectivity index (χ2v) is 9.33. The first-order valence-corrected chi connectivity index (χ1v) is 11.8. The zero-order chi connectivity index (χ0) is 22.1. The normalized spacial score (nSPS) is 21.8. The smallest absolute Gasteiger partial charge is 0.224 e. The van der Waals surface area contributed by atoms with Crippen molar-refractivity contribution in [1.29, 1.82) is 0 Å². The van der Waals surface area contributed by atoms with E-state index in [0.29, 0.717) is 31.6 Å². The fourth-order valence-corrected chi connectivity index (χ4v) is 5.41. The molecule has 0 radical (unpaired) electrons. The third-order valence-electron chi connectivity index (χ3n) is 7.36. The van der Waals surface area contributed by atoms with E-state index in [-0.39, 0.29) is 5.91 Å². The van der Waals surface area contributed by atoms with Crippen LogP contribution in [0.4, 0.5) is 5.69 Å². The number of carbonyl (C=O) groups is 1. The van der Waals surface area contributed by atoms with Crippen molar-refractivity contribution in [3.05, 3.63) is 59.8 Å². The molecule has 3 aromatic rings. The molecule has 168 valence electrons. The van der Waals surface area contributed by atoms with Crippen LogP contribution in [-0.2, 0) is 17.9 Å². The van der Waals surface area contributed by atoms with Crippen molar-refractivity contribution in [3.8, 4) is 0 Å². The van der Waals surface area contributed by atoms with Crippen molar-refractivity contribution in [2.24, 2.45) is 0 Å². The van der Waals surface area contributed by atoms with Crippen LogP contribution in [0.15, 0.2) is 48.7 Å². The maximum Gasteiger partial charge on any atom is 0.224 e. The second kappa shape index (κ2) is 8.94. The summed E-state index contributed by atoms with van der Waals surface area (Å²) in [7, 11) is 2.23. The van der Waals surface area contributed by atoms with Crippen LogP contribution >= 0.6 is 0 Å². The average Bonchev–Trinajstić information content (AvgIpc) is 3.35. The fourth-order valence-electron chi connectivity index (χ4n) is 5.41. The fraction of sp³-hybridized carbons (Fsp3) is 0.462. The van der Waals surface area contributed by atoms with Gasteiger partial charge in [0.25, 0.3) is 0 Å². The summed E-state index contributed by atoms with van der Waals surface area (Å²) >= 11 is 0. The minimum Gasteiger partial charge on any atom is -0.384 e. The van der Waals surface area contributed by atoms with Crippen LogP contribution in [0.2, 0.25) is 0 Å². The quantitative estimate of drug-likeness (QED) is 0.680. The van der Waals surface area contributed by atoms with E-state index in [9.17, 15) is 4.79 Å². The molecule has 2 atom stereocenters. The largest absolute Gasteiger partial charge is 0.384 e. The Morgan fingerprint density at radius 1 is 1.09 bits per heavy atom. The first kappa shape index (κ1) is 21.0. The van der Waals surface area contributed by atoms with Gasteiger partial charge in [0.2, 0.25) is 5.91 Å². The van der Waals surface area contributed by atoms with Gasteiger partial charge < -0.3 is 10.2 Å². The summed E-state index contributed by atoms with van der Waals surface area (Å²) in [6.07, 6.45) is 5.85. The molecular weight excluding hydrogens is 398 g/mol. The second-order valence-electron chi connectivity index (χ2n) is 9.33. The predicted molar refractivity (Wildman–Crippen MR) is 129 cm³/mol. The summed E-state index contributed by atoms with van der Waals surface area (Å²) in [6, 6.07) is 15.6. The molecule has 0 saturated carbocycles. The maximum absolute atomic E-state index is 13.5. The van der Waals surface area contributed by atoms with Gasteiger partial charge in [-0.05, 0) is 50.4 Å². The van der Waals surface area contributed by atoms with Gasteiger partial charge >= 0.3 is 0 Å². The topological polar surface area (TPSA) is 53.4 Å². The van der Waals surface area contributed by atoms with Crippen LogP contribution in [0.3, 0.4) is 0 Å². The number of rotatable bonds is 3. The summed E-state index contributed by atoms with van der Waals surface area (Å²) in [5.41, 5.74) is 4.74. The molecule has 2 bridgehead atoms. The van der Waals surface area contributed by atoms with Crippen molar-refractivity contribution in [3.63, 3.8) is 0 Å². The van der Waals surface area contributed by atoms with E-state index < -0.39 is 0 Å². The molecule has 6 nitrogen and oxygen atoms in total. The molecule has 2 aliphatic rings. The van der Waals surface area contributed by atoms with Gasteiger partial charge in [0.15, 0.2) is 0 Å². The van der Waals surface area contributed by atoms with E-state index in [1.54, 1.807) is 0 Å². The number of carbonyl (C=O) groups excluding carboxylic acids is 1. The van der Waals surface area contributed by atoms with E-state index >= 15 is 0 Å². The monoisotopic (exact) mass is 431 g/mol. The first-order chi connectivity index (χ1) is 15.6. The van der Waals surface area contributed by atoms with Gasteiger partial charge in [-0.1, -0.05) is 36.4 Å². The molecule has 1 aromatic heterocycles. The molecule has 2 unspecified atom stereocenters. The number of likely N-dealkylation sites (N-methyl/N-ethyl adjacent to an activating group) is 1. The Balaban J connectivity index is 1.38. The Kier molecular flexibility index (Phi) is 5.87. The highest BCUT2D eigenvalue weighted by Gasteiger charge is 2.33. The Bertz CT molecular complexity index is 1110. The minimum atomic E-state index is 0.202. The third-order valence-corrected chi connectivity index (χ3v) is 7.36. The first-order valence-electron chi connectivity index (χ1n) is 11.8. The van der Waals surface area contributed by atoms with Crippen LogP contribution < -0.4 is 5.32 Å².